The number of halogens is 1. The van der Waals surface area contributed by atoms with Crippen LogP contribution in [-0.4, -0.2) is 18.4 Å². The Morgan fingerprint density at radius 2 is 1.82 bits per heavy atom. The molecule has 22 heavy (non-hydrogen) atoms. The lowest BCUT2D eigenvalue weighted by atomic mass is 10.1. The number of nitrogens with zero attached hydrogens (tertiary/aromatic N) is 1. The molecule has 0 amide bonds. The molecule has 0 aliphatic carbocycles. The van der Waals surface area contributed by atoms with Gasteiger partial charge in [-0.3, -0.25) is 9.10 Å². The van der Waals surface area contributed by atoms with Gasteiger partial charge in [0.25, 0.3) is 0 Å². The van der Waals surface area contributed by atoms with Crippen LogP contribution >= 0.6 is 27.9 Å². The summed E-state index contributed by atoms with van der Waals surface area (Å²) in [5.74, 6) is 0. The molecule has 0 bridgehead atoms. The van der Waals surface area contributed by atoms with E-state index >= 15 is 0 Å². The summed E-state index contributed by atoms with van der Waals surface area (Å²) in [4.78, 5) is 13.7. The molecule has 0 saturated carbocycles. The number of benzene rings is 2. The van der Waals surface area contributed by atoms with Crippen LogP contribution in [0.2, 0.25) is 0 Å². The van der Waals surface area contributed by atoms with Crippen LogP contribution in [0, 0.1) is 0 Å². The van der Waals surface area contributed by atoms with E-state index in [-0.39, 0.29) is 5.43 Å². The van der Waals surface area contributed by atoms with E-state index < -0.39 is 0 Å². The molecule has 1 aromatic heterocycles. The fourth-order valence-electron chi connectivity index (χ4n) is 2.20. The number of hydrogen-bond donors (Lipinski definition) is 0. The molecule has 3 nitrogen and oxygen atoms in total. The lowest BCUT2D eigenvalue weighted by Crippen LogP contribution is -2.05. The molecule has 2 aromatic carbocycles. The molecule has 112 valence electrons. The van der Waals surface area contributed by atoms with Crippen LogP contribution in [0.25, 0.3) is 22.1 Å². The summed E-state index contributed by atoms with van der Waals surface area (Å²) < 4.78 is 8.66. The van der Waals surface area contributed by atoms with E-state index in [4.69, 9.17) is 4.42 Å². The lowest BCUT2D eigenvalue weighted by Gasteiger charge is -2.09. The highest BCUT2D eigenvalue weighted by molar-refractivity contribution is 9.10. The topological polar surface area (TPSA) is 33.5 Å². The Kier molecular flexibility index (Phi) is 4.38. The van der Waals surface area contributed by atoms with Gasteiger partial charge in [0.2, 0.25) is 0 Å². The average molecular weight is 376 g/mol. The third kappa shape index (κ3) is 3.11. The highest BCUT2D eigenvalue weighted by atomic mass is 79.9. The predicted molar refractivity (Wildman–Crippen MR) is 95.2 cm³/mol. The van der Waals surface area contributed by atoms with Crippen molar-refractivity contribution in [2.45, 2.75) is 4.90 Å². The van der Waals surface area contributed by atoms with Gasteiger partial charge < -0.3 is 4.42 Å². The number of rotatable bonds is 3. The molecule has 5 heteroatoms. The van der Waals surface area contributed by atoms with Crippen molar-refractivity contribution in [1.29, 1.82) is 0 Å². The van der Waals surface area contributed by atoms with E-state index in [1.54, 1.807) is 11.9 Å². The van der Waals surface area contributed by atoms with Crippen LogP contribution in [0.5, 0.6) is 0 Å². The second-order valence-corrected chi connectivity index (χ2v) is 7.35. The van der Waals surface area contributed by atoms with E-state index in [2.05, 4.69) is 15.9 Å². The van der Waals surface area contributed by atoms with E-state index in [1.165, 1.54) is 6.26 Å². The normalized spacial score (nSPS) is 11.3. The zero-order chi connectivity index (χ0) is 15.7. The third-order valence-corrected chi connectivity index (χ3v) is 4.55. The van der Waals surface area contributed by atoms with Gasteiger partial charge in [-0.2, -0.15) is 0 Å². The van der Waals surface area contributed by atoms with Crippen LogP contribution in [0.15, 0.2) is 67.3 Å². The minimum atomic E-state index is -0.00928. The Labute approximate surface area is 141 Å². The standard InChI is InChI=1S/C17H14BrNO2S/c1-19(2)22-13-7-8-14-16(9-13)21-10-15(17(14)20)11-3-5-12(18)6-4-11/h3-10H,1-2H3. The first-order valence-corrected chi connectivity index (χ1v) is 8.28. The smallest absolute Gasteiger partial charge is 0.200 e. The maximum Gasteiger partial charge on any atom is 0.200 e. The highest BCUT2D eigenvalue weighted by Crippen LogP contribution is 2.26. The average Bonchev–Trinajstić information content (AvgIpc) is 2.48. The van der Waals surface area contributed by atoms with Crippen molar-refractivity contribution in [1.82, 2.24) is 4.31 Å². The quantitative estimate of drug-likeness (QED) is 0.616. The fraction of sp³-hybridized carbons (Fsp3) is 0.118. The molecule has 0 saturated heterocycles. The Morgan fingerprint density at radius 1 is 1.09 bits per heavy atom. The molecular weight excluding hydrogens is 362 g/mol. The molecule has 1 heterocycles. The van der Waals surface area contributed by atoms with Crippen LogP contribution in [-0.2, 0) is 0 Å². The summed E-state index contributed by atoms with van der Waals surface area (Å²) in [5, 5.41) is 0.600. The lowest BCUT2D eigenvalue weighted by molar-refractivity contribution is 0.603. The summed E-state index contributed by atoms with van der Waals surface area (Å²) in [7, 11) is 3.95. The third-order valence-electron chi connectivity index (χ3n) is 3.19. The van der Waals surface area contributed by atoms with Gasteiger partial charge in [0, 0.05) is 9.37 Å². The van der Waals surface area contributed by atoms with Crippen LogP contribution in [0.1, 0.15) is 0 Å². The minimum Gasteiger partial charge on any atom is -0.463 e. The van der Waals surface area contributed by atoms with E-state index in [0.29, 0.717) is 16.5 Å². The fourth-order valence-corrected chi connectivity index (χ4v) is 3.18. The van der Waals surface area contributed by atoms with Crippen molar-refractivity contribution in [2.75, 3.05) is 14.1 Å². The van der Waals surface area contributed by atoms with E-state index in [0.717, 1.165) is 14.9 Å². The number of hydrogen-bond acceptors (Lipinski definition) is 4. The SMILES string of the molecule is CN(C)Sc1ccc2c(=O)c(-c3ccc(Br)cc3)coc2c1. The Balaban J connectivity index is 2.10. The van der Waals surface area contributed by atoms with E-state index in [9.17, 15) is 4.79 Å². The van der Waals surface area contributed by atoms with Crippen LogP contribution in [0.4, 0.5) is 0 Å². The summed E-state index contributed by atoms with van der Waals surface area (Å²) in [6.07, 6.45) is 1.54. The first kappa shape index (κ1) is 15.3. The van der Waals surface area contributed by atoms with E-state index in [1.807, 2.05) is 60.9 Å². The van der Waals surface area contributed by atoms with Crippen molar-refractivity contribution < 1.29 is 4.42 Å². The van der Waals surface area contributed by atoms with Gasteiger partial charge in [-0.05, 0) is 61.9 Å². The maximum atomic E-state index is 12.7. The van der Waals surface area contributed by atoms with Crippen LogP contribution < -0.4 is 5.43 Å². The van der Waals surface area contributed by atoms with Gasteiger partial charge in [-0.15, -0.1) is 0 Å². The largest absolute Gasteiger partial charge is 0.463 e. The molecule has 0 fully saturated rings. The summed E-state index contributed by atoms with van der Waals surface area (Å²) in [6.45, 7) is 0. The Morgan fingerprint density at radius 3 is 2.50 bits per heavy atom. The van der Waals surface area contributed by atoms with Gasteiger partial charge in [0.05, 0.1) is 10.9 Å². The van der Waals surface area contributed by atoms with Gasteiger partial charge >= 0.3 is 0 Å². The first-order chi connectivity index (χ1) is 10.5. The van der Waals surface area contributed by atoms with Crippen LogP contribution in [0.3, 0.4) is 0 Å². The maximum absolute atomic E-state index is 12.7. The monoisotopic (exact) mass is 375 g/mol. The van der Waals surface area contributed by atoms with Gasteiger partial charge in [0.1, 0.15) is 11.8 Å². The van der Waals surface area contributed by atoms with Gasteiger partial charge in [-0.25, -0.2) is 0 Å². The second-order valence-electron chi connectivity index (χ2n) is 5.05. The Bertz CT molecular complexity index is 872. The minimum absolute atomic E-state index is 0.00928. The molecule has 0 aliphatic heterocycles. The molecule has 0 aliphatic rings. The van der Waals surface area contributed by atoms with Crippen molar-refractivity contribution in [2.24, 2.45) is 0 Å². The molecule has 3 aromatic rings. The first-order valence-electron chi connectivity index (χ1n) is 6.71. The number of fused-ring (bicyclic) bond motifs is 1. The molecule has 0 atom stereocenters. The van der Waals surface area contributed by atoms with Crippen molar-refractivity contribution >= 4 is 38.8 Å². The molecule has 0 radical (unpaired) electrons. The molecule has 0 spiro atoms. The molecular formula is C17H14BrNO2S. The van der Waals surface area contributed by atoms with Gasteiger partial charge in [0.15, 0.2) is 5.43 Å². The highest BCUT2D eigenvalue weighted by Gasteiger charge is 2.10. The molecule has 0 unspecified atom stereocenters. The molecule has 3 rings (SSSR count). The van der Waals surface area contributed by atoms with Crippen molar-refractivity contribution in [3.8, 4) is 11.1 Å². The predicted octanol–water partition coefficient (Wildman–Crippen LogP) is 4.79. The zero-order valence-corrected chi connectivity index (χ0v) is 14.6. The summed E-state index contributed by atoms with van der Waals surface area (Å²) in [5.41, 5.74) is 2.03. The molecule has 0 N–H and O–H groups in total. The second kappa shape index (κ2) is 6.28. The summed E-state index contributed by atoms with van der Waals surface area (Å²) in [6, 6.07) is 13.3. The van der Waals surface area contributed by atoms with Crippen molar-refractivity contribution in [3.05, 3.63) is 63.4 Å². The zero-order valence-electron chi connectivity index (χ0n) is 12.2. The summed E-state index contributed by atoms with van der Waals surface area (Å²) >= 11 is 4.98. The Hall–Kier alpha value is -1.56. The van der Waals surface area contributed by atoms with Crippen molar-refractivity contribution in [3.63, 3.8) is 0 Å². The van der Waals surface area contributed by atoms with Gasteiger partial charge in [-0.1, -0.05) is 28.1 Å².